The van der Waals surface area contributed by atoms with E-state index in [0.717, 1.165) is 17.3 Å². The van der Waals surface area contributed by atoms with E-state index in [1.807, 2.05) is 12.1 Å². The van der Waals surface area contributed by atoms with Crippen molar-refractivity contribution in [3.8, 4) is 0 Å². The standard InChI is InChI=1S/C17H23BrN2O3.ClH/c18-13-3-1-12(2-4-13)17(5-7-23-8-6-17)11-20-16(22)15-9-14(21)10-19-15;/h1-4,14-15,19,21H,5-11H2,(H,20,22);1H. The number of hydrogen-bond donors (Lipinski definition) is 3. The summed E-state index contributed by atoms with van der Waals surface area (Å²) < 4.78 is 6.58. The molecule has 0 radical (unpaired) electrons. The van der Waals surface area contributed by atoms with Crippen LogP contribution in [-0.2, 0) is 14.9 Å². The molecular weight excluding hydrogens is 396 g/mol. The minimum atomic E-state index is -0.422. The van der Waals surface area contributed by atoms with Crippen LogP contribution in [0.4, 0.5) is 0 Å². The first-order chi connectivity index (χ1) is 11.1. The van der Waals surface area contributed by atoms with Crippen LogP contribution in [0.2, 0.25) is 0 Å². The maximum absolute atomic E-state index is 12.3. The molecule has 2 aliphatic heterocycles. The Morgan fingerprint density at radius 3 is 2.58 bits per heavy atom. The Balaban J connectivity index is 0.00000208. The third kappa shape index (κ3) is 4.49. The van der Waals surface area contributed by atoms with Gasteiger partial charge in [0.1, 0.15) is 0 Å². The number of β-amino-alcohol motifs (C(OH)–C–C–N with tert-alkyl or cyclic N) is 1. The molecular formula is C17H24BrClN2O3. The molecule has 1 aromatic carbocycles. The van der Waals surface area contributed by atoms with Gasteiger partial charge >= 0.3 is 0 Å². The molecule has 0 saturated carbocycles. The minimum absolute atomic E-state index is 0. The minimum Gasteiger partial charge on any atom is -0.392 e. The molecule has 2 atom stereocenters. The van der Waals surface area contributed by atoms with Crippen LogP contribution in [0.25, 0.3) is 0 Å². The molecule has 3 N–H and O–H groups in total. The van der Waals surface area contributed by atoms with Gasteiger partial charge < -0.3 is 20.5 Å². The average molecular weight is 420 g/mol. The largest absolute Gasteiger partial charge is 0.392 e. The van der Waals surface area contributed by atoms with E-state index in [-0.39, 0.29) is 29.8 Å². The molecule has 134 valence electrons. The molecule has 0 spiro atoms. The molecule has 2 heterocycles. The lowest BCUT2D eigenvalue weighted by molar-refractivity contribution is -0.123. The van der Waals surface area contributed by atoms with Gasteiger partial charge in [-0.2, -0.15) is 0 Å². The number of rotatable bonds is 4. The van der Waals surface area contributed by atoms with Crippen LogP contribution in [0.1, 0.15) is 24.8 Å². The van der Waals surface area contributed by atoms with E-state index >= 15 is 0 Å². The number of hydrogen-bond acceptors (Lipinski definition) is 4. The molecule has 2 unspecified atom stereocenters. The molecule has 1 amide bonds. The van der Waals surface area contributed by atoms with Crippen molar-refractivity contribution < 1.29 is 14.6 Å². The van der Waals surface area contributed by atoms with Crippen molar-refractivity contribution in [1.82, 2.24) is 10.6 Å². The number of amides is 1. The van der Waals surface area contributed by atoms with Gasteiger partial charge in [-0.25, -0.2) is 0 Å². The van der Waals surface area contributed by atoms with Crippen LogP contribution in [0, 0.1) is 0 Å². The van der Waals surface area contributed by atoms with Gasteiger partial charge in [-0.1, -0.05) is 28.1 Å². The molecule has 3 rings (SSSR count). The van der Waals surface area contributed by atoms with Crippen molar-refractivity contribution in [1.29, 1.82) is 0 Å². The molecule has 0 aliphatic carbocycles. The molecule has 0 aromatic heterocycles. The quantitative estimate of drug-likeness (QED) is 0.695. The number of halogens is 2. The van der Waals surface area contributed by atoms with E-state index in [9.17, 15) is 9.90 Å². The summed E-state index contributed by atoms with van der Waals surface area (Å²) in [6.07, 6.45) is 1.86. The summed E-state index contributed by atoms with van der Waals surface area (Å²) in [6.45, 7) is 2.52. The summed E-state index contributed by atoms with van der Waals surface area (Å²) in [5.41, 5.74) is 1.16. The van der Waals surface area contributed by atoms with Gasteiger partial charge in [0, 0.05) is 36.2 Å². The van der Waals surface area contributed by atoms with Gasteiger partial charge in [-0.05, 0) is 37.0 Å². The van der Waals surface area contributed by atoms with Crippen molar-refractivity contribution in [3.63, 3.8) is 0 Å². The lowest BCUT2D eigenvalue weighted by Crippen LogP contribution is -2.48. The van der Waals surface area contributed by atoms with E-state index in [1.54, 1.807) is 0 Å². The van der Waals surface area contributed by atoms with Crippen LogP contribution in [0.15, 0.2) is 28.7 Å². The summed E-state index contributed by atoms with van der Waals surface area (Å²) in [5.74, 6) is -0.0236. The summed E-state index contributed by atoms with van der Waals surface area (Å²) in [6, 6.07) is 8.05. The Morgan fingerprint density at radius 2 is 2.00 bits per heavy atom. The van der Waals surface area contributed by atoms with Crippen molar-refractivity contribution >= 4 is 34.2 Å². The molecule has 5 nitrogen and oxygen atoms in total. The van der Waals surface area contributed by atoms with Gasteiger partial charge in [0.25, 0.3) is 0 Å². The van der Waals surface area contributed by atoms with E-state index in [2.05, 4.69) is 38.7 Å². The number of benzene rings is 1. The van der Waals surface area contributed by atoms with Gasteiger partial charge in [-0.3, -0.25) is 4.79 Å². The van der Waals surface area contributed by atoms with Crippen LogP contribution in [0.3, 0.4) is 0 Å². The van der Waals surface area contributed by atoms with Crippen LogP contribution in [-0.4, -0.2) is 49.5 Å². The summed E-state index contributed by atoms with van der Waals surface area (Å²) >= 11 is 3.47. The smallest absolute Gasteiger partial charge is 0.237 e. The molecule has 24 heavy (non-hydrogen) atoms. The molecule has 2 saturated heterocycles. The highest BCUT2D eigenvalue weighted by Crippen LogP contribution is 2.35. The normalized spacial score (nSPS) is 25.8. The van der Waals surface area contributed by atoms with Gasteiger partial charge in [0.15, 0.2) is 0 Å². The van der Waals surface area contributed by atoms with Gasteiger partial charge in [0.2, 0.25) is 5.91 Å². The zero-order valence-electron chi connectivity index (χ0n) is 13.5. The fourth-order valence-corrected chi connectivity index (χ4v) is 3.69. The van der Waals surface area contributed by atoms with Crippen molar-refractivity contribution in [2.75, 3.05) is 26.3 Å². The zero-order valence-corrected chi connectivity index (χ0v) is 15.9. The monoisotopic (exact) mass is 418 g/mol. The number of nitrogens with one attached hydrogen (secondary N) is 2. The fourth-order valence-electron chi connectivity index (χ4n) is 3.43. The number of carbonyl (C=O) groups is 1. The van der Waals surface area contributed by atoms with E-state index < -0.39 is 6.10 Å². The maximum Gasteiger partial charge on any atom is 0.237 e. The van der Waals surface area contributed by atoms with Crippen LogP contribution in [0.5, 0.6) is 0 Å². The second kappa shape index (κ2) is 8.63. The predicted octanol–water partition coefficient (Wildman–Crippen LogP) is 1.76. The van der Waals surface area contributed by atoms with Crippen molar-refractivity contribution in [3.05, 3.63) is 34.3 Å². The first-order valence-electron chi connectivity index (χ1n) is 8.12. The molecule has 0 bridgehead atoms. The maximum atomic E-state index is 12.3. The molecule has 2 fully saturated rings. The first kappa shape index (κ1) is 19.7. The number of aliphatic hydroxyl groups is 1. The lowest BCUT2D eigenvalue weighted by atomic mass is 9.74. The highest BCUT2D eigenvalue weighted by molar-refractivity contribution is 9.10. The lowest BCUT2D eigenvalue weighted by Gasteiger charge is -2.38. The summed E-state index contributed by atoms with van der Waals surface area (Å²) in [4.78, 5) is 12.3. The number of carbonyl (C=O) groups excluding carboxylic acids is 1. The SMILES string of the molecule is Cl.O=C(NCC1(c2ccc(Br)cc2)CCOCC1)C1CC(O)CN1. The second-order valence-electron chi connectivity index (χ2n) is 6.47. The Bertz CT molecular complexity index is 549. The van der Waals surface area contributed by atoms with Crippen molar-refractivity contribution in [2.24, 2.45) is 0 Å². The highest BCUT2D eigenvalue weighted by Gasteiger charge is 2.36. The van der Waals surface area contributed by atoms with E-state index in [0.29, 0.717) is 32.7 Å². The predicted molar refractivity (Wildman–Crippen MR) is 98.5 cm³/mol. The zero-order chi connectivity index (χ0) is 16.3. The van der Waals surface area contributed by atoms with Crippen molar-refractivity contribution in [2.45, 2.75) is 36.8 Å². The highest BCUT2D eigenvalue weighted by atomic mass is 79.9. The Hall–Kier alpha value is -0.660. The molecule has 7 heteroatoms. The number of ether oxygens (including phenoxy) is 1. The van der Waals surface area contributed by atoms with E-state index in [4.69, 9.17) is 4.74 Å². The molecule has 1 aromatic rings. The first-order valence-corrected chi connectivity index (χ1v) is 8.91. The Morgan fingerprint density at radius 1 is 1.33 bits per heavy atom. The van der Waals surface area contributed by atoms with Gasteiger partial charge in [0.05, 0.1) is 12.1 Å². The molecule has 2 aliphatic rings. The fraction of sp³-hybridized carbons (Fsp3) is 0.588. The Kier molecular flexibility index (Phi) is 7.07. The third-order valence-corrected chi connectivity index (χ3v) is 5.46. The second-order valence-corrected chi connectivity index (χ2v) is 7.38. The number of aliphatic hydroxyl groups excluding tert-OH is 1. The summed E-state index contributed by atoms with van der Waals surface area (Å²) in [5, 5.41) is 15.7. The van der Waals surface area contributed by atoms with E-state index in [1.165, 1.54) is 5.56 Å². The van der Waals surface area contributed by atoms with Crippen LogP contribution < -0.4 is 10.6 Å². The Labute approximate surface area is 157 Å². The summed E-state index contributed by atoms with van der Waals surface area (Å²) in [7, 11) is 0. The van der Waals surface area contributed by atoms with Crippen LogP contribution >= 0.6 is 28.3 Å². The third-order valence-electron chi connectivity index (χ3n) is 4.93. The van der Waals surface area contributed by atoms with Gasteiger partial charge in [-0.15, -0.1) is 12.4 Å². The average Bonchev–Trinajstić information content (AvgIpc) is 3.01. The topological polar surface area (TPSA) is 70.6 Å².